The Morgan fingerprint density at radius 2 is 2.08 bits per heavy atom. The highest BCUT2D eigenvalue weighted by Crippen LogP contribution is 2.25. The van der Waals surface area contributed by atoms with E-state index in [4.69, 9.17) is 9.47 Å². The molecule has 25 heavy (non-hydrogen) atoms. The predicted molar refractivity (Wildman–Crippen MR) is 88.0 cm³/mol. The summed E-state index contributed by atoms with van der Waals surface area (Å²) in [5.74, 6) is -0.651. The fourth-order valence-corrected chi connectivity index (χ4v) is 2.10. The zero-order chi connectivity index (χ0) is 18.8. The van der Waals surface area contributed by atoms with Gasteiger partial charge in [-0.1, -0.05) is 19.8 Å². The number of methoxy groups -OCH3 is 1. The van der Waals surface area contributed by atoms with Crippen molar-refractivity contribution in [3.05, 3.63) is 33.9 Å². The van der Waals surface area contributed by atoms with Crippen LogP contribution >= 0.6 is 0 Å². The zero-order valence-corrected chi connectivity index (χ0v) is 14.4. The number of amides is 1. The van der Waals surface area contributed by atoms with Crippen LogP contribution in [0, 0.1) is 10.1 Å². The lowest BCUT2D eigenvalue weighted by atomic mass is 10.1. The standard InChI is InChI=1S/C16H22N2O7/c1-4-5-6-13(25-18(21)22)10-17-16(20)14-8-7-12(23-3)9-15(14)24-11(2)19/h7-9,13H,4-6,10H2,1-3H3,(H,17,20). The zero-order valence-electron chi connectivity index (χ0n) is 14.4. The fourth-order valence-electron chi connectivity index (χ4n) is 2.10. The number of esters is 1. The molecule has 1 rings (SSSR count). The summed E-state index contributed by atoms with van der Waals surface area (Å²) < 4.78 is 10.1. The number of carbonyl (C=O) groups is 2. The molecule has 0 aliphatic heterocycles. The molecule has 0 radical (unpaired) electrons. The number of rotatable bonds is 10. The quantitative estimate of drug-likeness (QED) is 0.296. The van der Waals surface area contributed by atoms with E-state index in [1.807, 2.05) is 6.92 Å². The molecule has 0 bridgehead atoms. The molecule has 0 aliphatic rings. The second-order valence-corrected chi connectivity index (χ2v) is 5.26. The number of nitrogens with one attached hydrogen (secondary N) is 1. The number of carbonyl (C=O) groups excluding carboxylic acids is 2. The van der Waals surface area contributed by atoms with E-state index in [9.17, 15) is 19.7 Å². The first-order valence-electron chi connectivity index (χ1n) is 7.83. The van der Waals surface area contributed by atoms with Crippen LogP contribution in [0.1, 0.15) is 43.5 Å². The summed E-state index contributed by atoms with van der Waals surface area (Å²) in [4.78, 5) is 38.7. The second-order valence-electron chi connectivity index (χ2n) is 5.26. The molecule has 0 heterocycles. The highest BCUT2D eigenvalue weighted by molar-refractivity contribution is 5.97. The third-order valence-corrected chi connectivity index (χ3v) is 3.29. The first-order chi connectivity index (χ1) is 11.9. The Kier molecular flexibility index (Phi) is 8.17. The molecule has 0 aromatic heterocycles. The smallest absolute Gasteiger partial charge is 0.308 e. The number of hydrogen-bond donors (Lipinski definition) is 1. The summed E-state index contributed by atoms with van der Waals surface area (Å²) in [5.41, 5.74) is 0.117. The first-order valence-corrected chi connectivity index (χ1v) is 7.83. The average molecular weight is 354 g/mol. The Labute approximate surface area is 145 Å². The lowest BCUT2D eigenvalue weighted by Gasteiger charge is -2.16. The summed E-state index contributed by atoms with van der Waals surface area (Å²) in [6.07, 6.45) is 1.28. The van der Waals surface area contributed by atoms with Gasteiger partial charge in [0.2, 0.25) is 0 Å². The van der Waals surface area contributed by atoms with E-state index < -0.39 is 23.1 Å². The van der Waals surface area contributed by atoms with Crippen LogP contribution in [0.3, 0.4) is 0 Å². The maximum absolute atomic E-state index is 12.3. The van der Waals surface area contributed by atoms with Crippen molar-refractivity contribution in [2.45, 2.75) is 39.2 Å². The van der Waals surface area contributed by atoms with Crippen LogP contribution in [-0.4, -0.2) is 36.7 Å². The molecule has 1 aromatic carbocycles. The lowest BCUT2D eigenvalue weighted by Crippen LogP contribution is -2.35. The predicted octanol–water partition coefficient (Wildman–Crippen LogP) is 2.12. The summed E-state index contributed by atoms with van der Waals surface area (Å²) in [7, 11) is 1.44. The third-order valence-electron chi connectivity index (χ3n) is 3.29. The number of hydrogen-bond acceptors (Lipinski definition) is 7. The van der Waals surface area contributed by atoms with Gasteiger partial charge in [0.05, 0.1) is 12.7 Å². The second kappa shape index (κ2) is 10.1. The van der Waals surface area contributed by atoms with Gasteiger partial charge in [-0.3, -0.25) is 9.59 Å². The molecular weight excluding hydrogens is 332 g/mol. The Morgan fingerprint density at radius 1 is 1.36 bits per heavy atom. The molecule has 0 saturated heterocycles. The molecule has 138 valence electrons. The van der Waals surface area contributed by atoms with Gasteiger partial charge in [-0.15, -0.1) is 10.1 Å². The molecule has 1 N–H and O–H groups in total. The Hall–Kier alpha value is -2.84. The third kappa shape index (κ3) is 7.06. The van der Waals surface area contributed by atoms with E-state index in [1.54, 1.807) is 6.07 Å². The van der Waals surface area contributed by atoms with Gasteiger partial charge >= 0.3 is 5.97 Å². The molecule has 9 nitrogen and oxygen atoms in total. The van der Waals surface area contributed by atoms with Crippen LogP contribution < -0.4 is 14.8 Å². The highest BCUT2D eigenvalue weighted by Gasteiger charge is 2.18. The van der Waals surface area contributed by atoms with E-state index in [1.165, 1.54) is 26.2 Å². The normalized spacial score (nSPS) is 11.3. The van der Waals surface area contributed by atoms with Crippen molar-refractivity contribution in [2.24, 2.45) is 0 Å². The number of benzene rings is 1. The van der Waals surface area contributed by atoms with Crippen molar-refractivity contribution in [1.82, 2.24) is 5.32 Å². The molecule has 0 saturated carbocycles. The maximum Gasteiger partial charge on any atom is 0.308 e. The number of unbranched alkanes of at least 4 members (excludes halogenated alkanes) is 1. The summed E-state index contributed by atoms with van der Waals surface area (Å²) >= 11 is 0. The van der Waals surface area contributed by atoms with Gasteiger partial charge in [0, 0.05) is 19.5 Å². The lowest BCUT2D eigenvalue weighted by molar-refractivity contribution is -0.768. The SMILES string of the molecule is CCCCC(CNC(=O)c1ccc(OC)cc1OC(C)=O)O[N+](=O)[O-]. The van der Waals surface area contributed by atoms with Crippen molar-refractivity contribution in [3.8, 4) is 11.5 Å². The van der Waals surface area contributed by atoms with Crippen LogP contribution in [0.15, 0.2) is 18.2 Å². The van der Waals surface area contributed by atoms with Crippen molar-refractivity contribution >= 4 is 11.9 Å². The van der Waals surface area contributed by atoms with Gasteiger partial charge in [0.25, 0.3) is 11.0 Å². The molecule has 1 aromatic rings. The average Bonchev–Trinajstić information content (AvgIpc) is 2.55. The van der Waals surface area contributed by atoms with Gasteiger partial charge in [0.1, 0.15) is 17.6 Å². The van der Waals surface area contributed by atoms with Gasteiger partial charge < -0.3 is 19.6 Å². The Morgan fingerprint density at radius 3 is 2.64 bits per heavy atom. The van der Waals surface area contributed by atoms with Gasteiger partial charge in [0.15, 0.2) is 0 Å². The fraction of sp³-hybridized carbons (Fsp3) is 0.500. The van der Waals surface area contributed by atoms with E-state index in [2.05, 4.69) is 10.2 Å². The Bertz CT molecular complexity index is 619. The number of ether oxygens (including phenoxy) is 2. The molecule has 1 unspecified atom stereocenters. The summed E-state index contributed by atoms with van der Waals surface area (Å²) in [6, 6.07) is 4.41. The van der Waals surface area contributed by atoms with Crippen molar-refractivity contribution in [3.63, 3.8) is 0 Å². The molecule has 1 atom stereocenters. The maximum atomic E-state index is 12.3. The van der Waals surface area contributed by atoms with Gasteiger partial charge in [-0.05, 0) is 18.6 Å². The van der Waals surface area contributed by atoms with Crippen molar-refractivity contribution in [2.75, 3.05) is 13.7 Å². The van der Waals surface area contributed by atoms with E-state index in [0.29, 0.717) is 12.2 Å². The largest absolute Gasteiger partial charge is 0.497 e. The van der Waals surface area contributed by atoms with Crippen LogP contribution in [0.25, 0.3) is 0 Å². The number of nitrogens with zero attached hydrogens (tertiary/aromatic N) is 1. The molecule has 9 heteroatoms. The Balaban J connectivity index is 2.83. The van der Waals surface area contributed by atoms with Crippen LogP contribution in [0.2, 0.25) is 0 Å². The molecular formula is C16H22N2O7. The van der Waals surface area contributed by atoms with Crippen LogP contribution in [0.4, 0.5) is 0 Å². The van der Waals surface area contributed by atoms with Crippen LogP contribution in [0.5, 0.6) is 11.5 Å². The minimum absolute atomic E-state index is 0.0364. The minimum atomic E-state index is -0.871. The monoisotopic (exact) mass is 354 g/mol. The van der Waals surface area contributed by atoms with E-state index in [0.717, 1.165) is 12.8 Å². The summed E-state index contributed by atoms with van der Waals surface area (Å²) in [6.45, 7) is 3.13. The van der Waals surface area contributed by atoms with Gasteiger partial charge in [-0.25, -0.2) is 0 Å². The van der Waals surface area contributed by atoms with Crippen LogP contribution in [-0.2, 0) is 9.63 Å². The van der Waals surface area contributed by atoms with Crippen molar-refractivity contribution in [1.29, 1.82) is 0 Å². The molecule has 1 amide bonds. The first kappa shape index (κ1) is 20.2. The topological polar surface area (TPSA) is 117 Å². The van der Waals surface area contributed by atoms with Gasteiger partial charge in [-0.2, -0.15) is 0 Å². The summed E-state index contributed by atoms with van der Waals surface area (Å²) in [5, 5.41) is 12.2. The minimum Gasteiger partial charge on any atom is -0.497 e. The van der Waals surface area contributed by atoms with E-state index in [-0.39, 0.29) is 17.9 Å². The van der Waals surface area contributed by atoms with Crippen molar-refractivity contribution < 1.29 is 29.0 Å². The molecule has 0 spiro atoms. The molecule has 0 fully saturated rings. The molecule has 0 aliphatic carbocycles. The van der Waals surface area contributed by atoms with E-state index >= 15 is 0 Å². The highest BCUT2D eigenvalue weighted by atomic mass is 17.0.